The molecule has 3 N–H and O–H groups in total. The first kappa shape index (κ1) is 14.6. The molecule has 0 unspecified atom stereocenters. The molecular weight excluding hydrogens is 372 g/mol. The number of hydrogen-bond acceptors (Lipinski definition) is 4. The molecule has 4 nitrogen and oxygen atoms in total. The van der Waals surface area contributed by atoms with Crippen LogP contribution in [-0.2, 0) is 10.0 Å². The van der Waals surface area contributed by atoms with Crippen LogP contribution in [0.25, 0.3) is 0 Å². The fourth-order valence-corrected chi connectivity index (χ4v) is 4.97. The monoisotopic (exact) mass is 380 g/mol. The lowest BCUT2D eigenvalue weighted by Gasteiger charge is -2.08. The molecule has 2 aromatic rings. The lowest BCUT2D eigenvalue weighted by molar-refractivity contribution is 0.603. The summed E-state index contributed by atoms with van der Waals surface area (Å²) in [5, 5.41) is 0.260. The Kier molecular flexibility index (Phi) is 4.10. The molecule has 0 aliphatic heterocycles. The zero-order chi connectivity index (χ0) is 14.2. The van der Waals surface area contributed by atoms with Crippen LogP contribution in [-0.4, -0.2) is 8.42 Å². The van der Waals surface area contributed by atoms with Crippen molar-refractivity contribution in [2.45, 2.75) is 11.1 Å². The molecule has 102 valence electrons. The molecular formula is C11H10BrClN2O2S2. The highest BCUT2D eigenvalue weighted by molar-refractivity contribution is 9.11. The van der Waals surface area contributed by atoms with Gasteiger partial charge in [0.2, 0.25) is 0 Å². The molecule has 0 bridgehead atoms. The lowest BCUT2D eigenvalue weighted by atomic mass is 10.3. The van der Waals surface area contributed by atoms with Gasteiger partial charge in [0.25, 0.3) is 10.0 Å². The van der Waals surface area contributed by atoms with E-state index in [9.17, 15) is 8.42 Å². The maximum absolute atomic E-state index is 12.2. The quantitative estimate of drug-likeness (QED) is 0.793. The minimum atomic E-state index is -3.64. The molecule has 1 aromatic heterocycles. The Labute approximate surface area is 128 Å². The Morgan fingerprint density at radius 2 is 2.05 bits per heavy atom. The van der Waals surface area contributed by atoms with Gasteiger partial charge in [-0.05, 0) is 52.7 Å². The molecule has 2 rings (SSSR count). The van der Waals surface area contributed by atoms with Crippen molar-refractivity contribution < 1.29 is 8.42 Å². The van der Waals surface area contributed by atoms with E-state index in [1.165, 1.54) is 12.1 Å². The number of thiophene rings is 1. The molecule has 19 heavy (non-hydrogen) atoms. The summed E-state index contributed by atoms with van der Waals surface area (Å²) >= 11 is 10.4. The van der Waals surface area contributed by atoms with E-state index >= 15 is 0 Å². The van der Waals surface area contributed by atoms with Crippen LogP contribution in [0, 0.1) is 6.92 Å². The van der Waals surface area contributed by atoms with Crippen molar-refractivity contribution >= 4 is 60.3 Å². The molecule has 0 radical (unpaired) electrons. The molecule has 0 aliphatic carbocycles. The standard InChI is InChI=1S/C11H10BrClN2O2S2/c1-6-4-10(18-11(6)12)19(16,17)15-9-3-2-7(14)5-8(9)13/h2-5,15H,14H2,1H3. The first-order valence-electron chi connectivity index (χ1n) is 5.13. The smallest absolute Gasteiger partial charge is 0.271 e. The zero-order valence-electron chi connectivity index (χ0n) is 9.78. The number of nitrogen functional groups attached to an aromatic ring is 1. The maximum Gasteiger partial charge on any atom is 0.271 e. The van der Waals surface area contributed by atoms with Crippen LogP contribution >= 0.6 is 38.9 Å². The van der Waals surface area contributed by atoms with Gasteiger partial charge in [-0.1, -0.05) is 11.6 Å². The highest BCUT2D eigenvalue weighted by Gasteiger charge is 2.19. The van der Waals surface area contributed by atoms with Gasteiger partial charge in [0.1, 0.15) is 4.21 Å². The van der Waals surface area contributed by atoms with Gasteiger partial charge in [-0.25, -0.2) is 8.42 Å². The van der Waals surface area contributed by atoms with Gasteiger partial charge in [-0.2, -0.15) is 0 Å². The van der Waals surface area contributed by atoms with Crippen LogP contribution < -0.4 is 10.5 Å². The fourth-order valence-electron chi connectivity index (χ4n) is 1.37. The Morgan fingerprint density at radius 1 is 1.37 bits per heavy atom. The summed E-state index contributed by atoms with van der Waals surface area (Å²) in [6.07, 6.45) is 0. The Hall–Kier alpha value is -0.760. The largest absolute Gasteiger partial charge is 0.399 e. The van der Waals surface area contributed by atoms with Crippen LogP contribution in [0.15, 0.2) is 32.3 Å². The van der Waals surface area contributed by atoms with Crippen LogP contribution in [0.4, 0.5) is 11.4 Å². The molecule has 0 fully saturated rings. The van der Waals surface area contributed by atoms with Crippen LogP contribution in [0.2, 0.25) is 5.02 Å². The van der Waals surface area contributed by atoms with E-state index in [0.29, 0.717) is 11.4 Å². The molecule has 8 heteroatoms. The molecule has 0 spiro atoms. The molecule has 1 aromatic carbocycles. The first-order chi connectivity index (χ1) is 8.79. The van der Waals surface area contributed by atoms with Gasteiger partial charge < -0.3 is 5.73 Å². The summed E-state index contributed by atoms with van der Waals surface area (Å²) in [6, 6.07) is 6.21. The number of halogens is 2. The molecule has 0 saturated heterocycles. The van der Waals surface area contributed by atoms with Gasteiger partial charge in [0, 0.05) is 5.69 Å². The number of nitrogens with two attached hydrogens (primary N) is 1. The predicted molar refractivity (Wildman–Crippen MR) is 83.4 cm³/mol. The average Bonchev–Trinajstić information content (AvgIpc) is 2.64. The van der Waals surface area contributed by atoms with Gasteiger partial charge in [-0.15, -0.1) is 11.3 Å². The second kappa shape index (κ2) is 5.32. The first-order valence-corrected chi connectivity index (χ1v) is 8.60. The predicted octanol–water partition coefficient (Wildman–Crippen LogP) is 3.86. The van der Waals surface area contributed by atoms with E-state index in [2.05, 4.69) is 20.7 Å². The van der Waals surface area contributed by atoms with Crippen molar-refractivity contribution in [2.24, 2.45) is 0 Å². The number of benzene rings is 1. The summed E-state index contributed by atoms with van der Waals surface area (Å²) in [7, 11) is -3.64. The van der Waals surface area contributed by atoms with Crippen LogP contribution in [0.1, 0.15) is 5.56 Å². The van der Waals surface area contributed by atoms with Crippen molar-refractivity contribution in [3.63, 3.8) is 0 Å². The third-order valence-corrected chi connectivity index (χ3v) is 6.63. The second-order valence-electron chi connectivity index (χ2n) is 3.87. The number of rotatable bonds is 3. The lowest BCUT2D eigenvalue weighted by Crippen LogP contribution is -2.11. The van der Waals surface area contributed by atoms with Gasteiger partial charge in [0.05, 0.1) is 14.5 Å². The van der Waals surface area contributed by atoms with E-state index in [1.807, 2.05) is 6.92 Å². The third-order valence-electron chi connectivity index (χ3n) is 2.34. The highest BCUT2D eigenvalue weighted by Crippen LogP contribution is 2.33. The molecule has 1 heterocycles. The van der Waals surface area contributed by atoms with E-state index in [0.717, 1.165) is 20.7 Å². The molecule has 0 saturated carbocycles. The van der Waals surface area contributed by atoms with Crippen molar-refractivity contribution in [3.05, 3.63) is 38.6 Å². The van der Waals surface area contributed by atoms with E-state index in [-0.39, 0.29) is 9.23 Å². The topological polar surface area (TPSA) is 72.2 Å². The normalized spacial score (nSPS) is 11.5. The molecule has 0 amide bonds. The number of nitrogens with one attached hydrogen (secondary N) is 1. The van der Waals surface area contributed by atoms with Gasteiger partial charge in [-0.3, -0.25) is 4.72 Å². The Balaban J connectivity index is 2.36. The summed E-state index contributed by atoms with van der Waals surface area (Å²) in [5.74, 6) is 0. The SMILES string of the molecule is Cc1cc(S(=O)(=O)Nc2ccc(N)cc2Cl)sc1Br. The third kappa shape index (κ3) is 3.22. The van der Waals surface area contributed by atoms with Crippen molar-refractivity contribution in [2.75, 3.05) is 10.5 Å². The maximum atomic E-state index is 12.2. The zero-order valence-corrected chi connectivity index (χ0v) is 13.8. The van der Waals surface area contributed by atoms with E-state index < -0.39 is 10.0 Å². The van der Waals surface area contributed by atoms with Gasteiger partial charge in [0.15, 0.2) is 0 Å². The minimum absolute atomic E-state index is 0.227. The number of anilines is 2. The summed E-state index contributed by atoms with van der Waals surface area (Å²) in [6.45, 7) is 1.83. The number of hydrogen-bond donors (Lipinski definition) is 2. The Morgan fingerprint density at radius 3 is 2.58 bits per heavy atom. The van der Waals surface area contributed by atoms with Crippen molar-refractivity contribution in [1.82, 2.24) is 0 Å². The number of sulfonamides is 1. The molecule has 0 atom stereocenters. The summed E-state index contributed by atoms with van der Waals surface area (Å²) in [4.78, 5) is 0. The van der Waals surface area contributed by atoms with E-state index in [1.54, 1.807) is 12.1 Å². The average molecular weight is 382 g/mol. The number of aryl methyl sites for hydroxylation is 1. The summed E-state index contributed by atoms with van der Waals surface area (Å²) < 4.78 is 27.8. The minimum Gasteiger partial charge on any atom is -0.399 e. The van der Waals surface area contributed by atoms with Crippen molar-refractivity contribution in [3.8, 4) is 0 Å². The Bertz CT molecular complexity index is 709. The van der Waals surface area contributed by atoms with Crippen LogP contribution in [0.5, 0.6) is 0 Å². The van der Waals surface area contributed by atoms with Gasteiger partial charge >= 0.3 is 0 Å². The summed E-state index contributed by atoms with van der Waals surface area (Å²) in [5.41, 5.74) is 7.21. The second-order valence-corrected chi connectivity index (χ2v) is 8.55. The van der Waals surface area contributed by atoms with Crippen LogP contribution in [0.3, 0.4) is 0 Å². The van der Waals surface area contributed by atoms with E-state index in [4.69, 9.17) is 17.3 Å². The van der Waals surface area contributed by atoms with Crippen molar-refractivity contribution in [1.29, 1.82) is 0 Å². The molecule has 0 aliphatic rings. The highest BCUT2D eigenvalue weighted by atomic mass is 79.9. The fraction of sp³-hybridized carbons (Fsp3) is 0.0909.